The molecule has 82 valence electrons. The molecular weight excluding hydrogens is 186 g/mol. The monoisotopic (exact) mass is 205 g/mol. The van der Waals surface area contributed by atoms with Gasteiger partial charge in [-0.2, -0.15) is 0 Å². The van der Waals surface area contributed by atoms with Crippen molar-refractivity contribution in [3.63, 3.8) is 0 Å². The lowest BCUT2D eigenvalue weighted by molar-refractivity contribution is 0.415. The van der Waals surface area contributed by atoms with Gasteiger partial charge in [-0.25, -0.2) is 0 Å². The molecule has 15 heavy (non-hydrogen) atoms. The maximum absolute atomic E-state index is 5.10. The number of allylic oxidation sites excluding steroid dienone is 1. The molecule has 0 saturated heterocycles. The van der Waals surface area contributed by atoms with Gasteiger partial charge in [-0.3, -0.25) is 0 Å². The molecule has 0 heterocycles. The minimum absolute atomic E-state index is 0.469. The lowest BCUT2D eigenvalue weighted by atomic mass is 10.1. The Bertz CT molecular complexity index is 292. The molecule has 1 rings (SSSR count). The summed E-state index contributed by atoms with van der Waals surface area (Å²) in [6, 6.07) is 8.45. The Hall–Kier alpha value is -1.44. The van der Waals surface area contributed by atoms with E-state index >= 15 is 0 Å². The molecule has 0 saturated carbocycles. The van der Waals surface area contributed by atoms with Crippen molar-refractivity contribution in [1.29, 1.82) is 0 Å². The Labute approximate surface area is 92.0 Å². The number of rotatable bonds is 6. The quantitative estimate of drug-likeness (QED) is 0.718. The first-order valence-corrected chi connectivity index (χ1v) is 5.27. The number of hydrogen-bond acceptors (Lipinski definition) is 2. The Balaban J connectivity index is 2.45. The third kappa shape index (κ3) is 4.07. The van der Waals surface area contributed by atoms with Gasteiger partial charge in [0, 0.05) is 11.7 Å². The molecule has 1 aromatic carbocycles. The highest BCUT2D eigenvalue weighted by Gasteiger charge is 2.00. The van der Waals surface area contributed by atoms with Crippen LogP contribution >= 0.6 is 0 Å². The summed E-state index contributed by atoms with van der Waals surface area (Å²) in [6.07, 6.45) is 4.10. The maximum atomic E-state index is 5.10. The summed E-state index contributed by atoms with van der Waals surface area (Å²) in [7, 11) is 1.68. The van der Waals surface area contributed by atoms with Crippen LogP contribution in [0.1, 0.15) is 19.8 Å². The van der Waals surface area contributed by atoms with Crippen molar-refractivity contribution in [3.05, 3.63) is 36.9 Å². The Morgan fingerprint density at radius 3 is 2.60 bits per heavy atom. The molecule has 1 aromatic rings. The normalized spacial score (nSPS) is 11.9. The van der Waals surface area contributed by atoms with Gasteiger partial charge in [0.15, 0.2) is 0 Å². The first-order valence-electron chi connectivity index (χ1n) is 5.27. The van der Waals surface area contributed by atoms with Crippen LogP contribution in [0, 0.1) is 0 Å². The number of nitrogens with one attached hydrogen (secondary N) is 1. The topological polar surface area (TPSA) is 21.3 Å². The maximum Gasteiger partial charge on any atom is 0.119 e. The lowest BCUT2D eigenvalue weighted by Gasteiger charge is -2.14. The minimum atomic E-state index is 0.469. The van der Waals surface area contributed by atoms with Gasteiger partial charge in [0.1, 0.15) is 5.75 Å². The molecule has 0 spiro atoms. The van der Waals surface area contributed by atoms with E-state index in [2.05, 4.69) is 18.8 Å². The molecule has 0 aromatic heterocycles. The van der Waals surface area contributed by atoms with Crippen LogP contribution in [-0.4, -0.2) is 13.2 Å². The zero-order chi connectivity index (χ0) is 11.1. The fourth-order valence-corrected chi connectivity index (χ4v) is 1.41. The summed E-state index contributed by atoms with van der Waals surface area (Å²) < 4.78 is 5.10. The van der Waals surface area contributed by atoms with Gasteiger partial charge in [0.2, 0.25) is 0 Å². The average molecular weight is 205 g/mol. The van der Waals surface area contributed by atoms with Crippen LogP contribution in [0.5, 0.6) is 5.75 Å². The number of anilines is 1. The highest BCUT2D eigenvalue weighted by atomic mass is 16.5. The predicted molar refractivity (Wildman–Crippen MR) is 65.5 cm³/mol. The van der Waals surface area contributed by atoms with Crippen LogP contribution < -0.4 is 10.1 Å². The smallest absolute Gasteiger partial charge is 0.119 e. The molecule has 0 bridgehead atoms. The van der Waals surface area contributed by atoms with Crippen molar-refractivity contribution in [2.75, 3.05) is 12.4 Å². The Kier molecular flexibility index (Phi) is 4.75. The van der Waals surface area contributed by atoms with Gasteiger partial charge >= 0.3 is 0 Å². The summed E-state index contributed by atoms with van der Waals surface area (Å²) in [5.74, 6) is 0.888. The minimum Gasteiger partial charge on any atom is -0.497 e. The number of ether oxygens (including phenoxy) is 1. The van der Waals surface area contributed by atoms with Crippen LogP contribution in [0.3, 0.4) is 0 Å². The van der Waals surface area contributed by atoms with E-state index in [1.54, 1.807) is 7.11 Å². The van der Waals surface area contributed by atoms with E-state index in [0.29, 0.717) is 6.04 Å². The highest BCUT2D eigenvalue weighted by Crippen LogP contribution is 2.16. The Morgan fingerprint density at radius 2 is 2.07 bits per heavy atom. The first-order chi connectivity index (χ1) is 7.26. The van der Waals surface area contributed by atoms with Gasteiger partial charge in [-0.15, -0.1) is 6.58 Å². The van der Waals surface area contributed by atoms with Crippen LogP contribution in [0.2, 0.25) is 0 Å². The van der Waals surface area contributed by atoms with Crippen molar-refractivity contribution in [3.8, 4) is 5.75 Å². The number of hydrogen-bond donors (Lipinski definition) is 1. The molecule has 2 nitrogen and oxygen atoms in total. The van der Waals surface area contributed by atoms with Crippen molar-refractivity contribution in [1.82, 2.24) is 0 Å². The van der Waals surface area contributed by atoms with Gasteiger partial charge < -0.3 is 10.1 Å². The van der Waals surface area contributed by atoms with E-state index in [1.807, 2.05) is 30.3 Å². The van der Waals surface area contributed by atoms with Crippen molar-refractivity contribution in [2.24, 2.45) is 0 Å². The lowest BCUT2D eigenvalue weighted by Crippen LogP contribution is -2.14. The first kappa shape index (κ1) is 11.6. The molecule has 1 atom stereocenters. The van der Waals surface area contributed by atoms with Crippen LogP contribution in [0.15, 0.2) is 36.9 Å². The number of benzene rings is 1. The standard InChI is InChI=1S/C13H19NO/c1-4-5-6-11(2)14-12-7-9-13(15-3)10-8-12/h4,7-11,14H,1,5-6H2,2-3H3/t11-/m1/s1. The van der Waals surface area contributed by atoms with E-state index < -0.39 is 0 Å². The van der Waals surface area contributed by atoms with E-state index in [0.717, 1.165) is 24.3 Å². The fourth-order valence-electron chi connectivity index (χ4n) is 1.41. The molecule has 0 aliphatic carbocycles. The SMILES string of the molecule is C=CCC[C@@H](C)Nc1ccc(OC)cc1. The summed E-state index contributed by atoms with van der Waals surface area (Å²) >= 11 is 0. The van der Waals surface area contributed by atoms with Crippen molar-refractivity contribution < 1.29 is 4.74 Å². The summed E-state index contributed by atoms with van der Waals surface area (Å²) in [4.78, 5) is 0. The third-order valence-corrected chi connectivity index (χ3v) is 2.31. The van der Waals surface area contributed by atoms with Gasteiger partial charge in [-0.1, -0.05) is 6.08 Å². The molecule has 0 unspecified atom stereocenters. The molecule has 0 amide bonds. The van der Waals surface area contributed by atoms with Gasteiger partial charge in [-0.05, 0) is 44.0 Å². The molecule has 2 heteroatoms. The van der Waals surface area contributed by atoms with Crippen LogP contribution in [0.25, 0.3) is 0 Å². The third-order valence-electron chi connectivity index (χ3n) is 2.31. The number of methoxy groups -OCH3 is 1. The summed E-state index contributed by atoms with van der Waals surface area (Å²) in [5, 5.41) is 3.42. The second-order valence-electron chi connectivity index (χ2n) is 3.64. The molecule has 0 radical (unpaired) electrons. The van der Waals surface area contributed by atoms with Crippen LogP contribution in [0.4, 0.5) is 5.69 Å². The molecule has 0 fully saturated rings. The fraction of sp³-hybridized carbons (Fsp3) is 0.385. The molecule has 0 aliphatic heterocycles. The zero-order valence-electron chi connectivity index (χ0n) is 9.49. The van der Waals surface area contributed by atoms with Crippen LogP contribution in [-0.2, 0) is 0 Å². The largest absolute Gasteiger partial charge is 0.497 e. The molecule has 1 N–H and O–H groups in total. The summed E-state index contributed by atoms with van der Waals surface area (Å²) in [6.45, 7) is 5.89. The average Bonchev–Trinajstić information content (AvgIpc) is 2.27. The predicted octanol–water partition coefficient (Wildman–Crippen LogP) is 3.46. The van der Waals surface area contributed by atoms with Crippen molar-refractivity contribution in [2.45, 2.75) is 25.8 Å². The molecular formula is C13H19NO. The second-order valence-corrected chi connectivity index (χ2v) is 3.64. The Morgan fingerprint density at radius 1 is 1.40 bits per heavy atom. The van der Waals surface area contributed by atoms with E-state index in [1.165, 1.54) is 0 Å². The summed E-state index contributed by atoms with van der Waals surface area (Å²) in [5.41, 5.74) is 1.13. The van der Waals surface area contributed by atoms with E-state index in [-0.39, 0.29) is 0 Å². The van der Waals surface area contributed by atoms with Crippen molar-refractivity contribution >= 4 is 5.69 Å². The van der Waals surface area contributed by atoms with Gasteiger partial charge in [0.05, 0.1) is 7.11 Å². The van der Waals surface area contributed by atoms with Gasteiger partial charge in [0.25, 0.3) is 0 Å². The zero-order valence-corrected chi connectivity index (χ0v) is 9.49. The van der Waals surface area contributed by atoms with E-state index in [9.17, 15) is 0 Å². The second kappa shape index (κ2) is 6.12. The van der Waals surface area contributed by atoms with E-state index in [4.69, 9.17) is 4.74 Å². The highest BCUT2D eigenvalue weighted by molar-refractivity contribution is 5.46. The molecule has 0 aliphatic rings.